The number of amides is 1. The molecule has 7 heteroatoms. The van der Waals surface area contributed by atoms with Gasteiger partial charge in [0.2, 0.25) is 0 Å². The standard InChI is InChI=1S/C20H19N5OS/c26-20(19-23-16-7-3-4-8-17(16)27-19)25-11-9-24(10-12-25)13-18-21-14-5-1-2-6-15(14)22-18/h1-8H,9-13H2,(H,21,22). The van der Waals surface area contributed by atoms with Gasteiger partial charge in [0, 0.05) is 26.2 Å². The molecule has 4 aromatic rings. The van der Waals surface area contributed by atoms with Crippen molar-refractivity contribution in [1.82, 2.24) is 24.8 Å². The molecular formula is C20H19N5OS. The van der Waals surface area contributed by atoms with E-state index in [1.165, 1.54) is 11.3 Å². The van der Waals surface area contributed by atoms with Crippen molar-refractivity contribution in [3.63, 3.8) is 0 Å². The molecule has 0 spiro atoms. The van der Waals surface area contributed by atoms with E-state index in [4.69, 9.17) is 0 Å². The van der Waals surface area contributed by atoms with Crippen LogP contribution in [-0.2, 0) is 6.54 Å². The summed E-state index contributed by atoms with van der Waals surface area (Å²) < 4.78 is 1.06. The maximum Gasteiger partial charge on any atom is 0.282 e. The molecule has 0 unspecified atom stereocenters. The van der Waals surface area contributed by atoms with E-state index in [0.29, 0.717) is 5.01 Å². The van der Waals surface area contributed by atoms with E-state index >= 15 is 0 Å². The number of rotatable bonds is 3. The predicted molar refractivity (Wildman–Crippen MR) is 107 cm³/mol. The van der Waals surface area contributed by atoms with Gasteiger partial charge in [0.15, 0.2) is 5.01 Å². The van der Waals surface area contributed by atoms with Crippen LogP contribution >= 0.6 is 11.3 Å². The number of aromatic nitrogens is 3. The van der Waals surface area contributed by atoms with E-state index in [2.05, 4.69) is 19.9 Å². The lowest BCUT2D eigenvalue weighted by Gasteiger charge is -2.33. The van der Waals surface area contributed by atoms with E-state index in [9.17, 15) is 4.79 Å². The summed E-state index contributed by atoms with van der Waals surface area (Å²) in [5, 5.41) is 0.585. The Labute approximate surface area is 160 Å². The van der Waals surface area contributed by atoms with Crippen LogP contribution in [-0.4, -0.2) is 56.8 Å². The van der Waals surface area contributed by atoms with E-state index < -0.39 is 0 Å². The van der Waals surface area contributed by atoms with Crippen molar-refractivity contribution in [2.75, 3.05) is 26.2 Å². The Balaban J connectivity index is 1.23. The predicted octanol–water partition coefficient (Wildman–Crippen LogP) is 3.13. The van der Waals surface area contributed by atoms with E-state index in [-0.39, 0.29) is 5.91 Å². The van der Waals surface area contributed by atoms with Gasteiger partial charge in [-0.15, -0.1) is 11.3 Å². The Kier molecular flexibility index (Phi) is 4.10. The average Bonchev–Trinajstić information content (AvgIpc) is 3.31. The third kappa shape index (κ3) is 3.20. The van der Waals surface area contributed by atoms with Crippen molar-refractivity contribution in [3.8, 4) is 0 Å². The first-order chi connectivity index (χ1) is 13.3. The Morgan fingerprint density at radius 1 is 0.963 bits per heavy atom. The normalized spacial score (nSPS) is 15.6. The number of hydrogen-bond donors (Lipinski definition) is 1. The van der Waals surface area contributed by atoms with E-state index in [1.54, 1.807) is 0 Å². The molecule has 3 heterocycles. The smallest absolute Gasteiger partial charge is 0.282 e. The number of imidazole rings is 1. The molecule has 0 radical (unpaired) electrons. The van der Waals surface area contributed by atoms with Crippen LogP contribution < -0.4 is 0 Å². The van der Waals surface area contributed by atoms with Gasteiger partial charge in [0.1, 0.15) is 5.82 Å². The fourth-order valence-electron chi connectivity index (χ4n) is 3.50. The zero-order valence-electron chi connectivity index (χ0n) is 14.8. The lowest BCUT2D eigenvalue weighted by molar-refractivity contribution is 0.0626. The molecule has 0 saturated carbocycles. The summed E-state index contributed by atoms with van der Waals surface area (Å²) in [6.45, 7) is 3.89. The van der Waals surface area contributed by atoms with Crippen LogP contribution in [0, 0.1) is 0 Å². The van der Waals surface area contributed by atoms with Crippen molar-refractivity contribution in [2.24, 2.45) is 0 Å². The largest absolute Gasteiger partial charge is 0.341 e. The van der Waals surface area contributed by atoms with Crippen molar-refractivity contribution < 1.29 is 4.79 Å². The average molecular weight is 377 g/mol. The Morgan fingerprint density at radius 3 is 2.48 bits per heavy atom. The number of benzene rings is 2. The van der Waals surface area contributed by atoms with Crippen LogP contribution in [0.3, 0.4) is 0 Å². The zero-order valence-corrected chi connectivity index (χ0v) is 15.6. The van der Waals surface area contributed by atoms with Gasteiger partial charge in [-0.25, -0.2) is 9.97 Å². The molecule has 0 aliphatic carbocycles. The van der Waals surface area contributed by atoms with Gasteiger partial charge in [0.25, 0.3) is 5.91 Å². The summed E-state index contributed by atoms with van der Waals surface area (Å²) in [5.74, 6) is 1.02. The number of carbonyl (C=O) groups is 1. The minimum Gasteiger partial charge on any atom is -0.341 e. The lowest BCUT2D eigenvalue weighted by atomic mass is 10.3. The summed E-state index contributed by atoms with van der Waals surface area (Å²) in [5.41, 5.74) is 2.96. The van der Waals surface area contributed by atoms with Crippen LogP contribution in [0.2, 0.25) is 0 Å². The summed E-state index contributed by atoms with van der Waals surface area (Å²) in [6.07, 6.45) is 0. The minimum absolute atomic E-state index is 0.0413. The molecule has 136 valence electrons. The van der Waals surface area contributed by atoms with Gasteiger partial charge >= 0.3 is 0 Å². The highest BCUT2D eigenvalue weighted by Gasteiger charge is 2.24. The molecule has 6 nitrogen and oxygen atoms in total. The van der Waals surface area contributed by atoms with Crippen molar-refractivity contribution in [2.45, 2.75) is 6.54 Å². The number of para-hydroxylation sites is 3. The number of H-pyrrole nitrogens is 1. The summed E-state index contributed by atoms with van der Waals surface area (Å²) in [4.78, 5) is 29.6. The molecule has 1 fully saturated rings. The second-order valence-electron chi connectivity index (χ2n) is 6.76. The van der Waals surface area contributed by atoms with E-state index in [0.717, 1.165) is 59.8 Å². The molecule has 0 bridgehead atoms. The number of aromatic amines is 1. The Hall–Kier alpha value is -2.77. The fraction of sp³-hybridized carbons (Fsp3) is 0.250. The molecule has 1 aliphatic rings. The van der Waals surface area contributed by atoms with Gasteiger partial charge in [-0.2, -0.15) is 0 Å². The molecule has 0 atom stereocenters. The quantitative estimate of drug-likeness (QED) is 0.596. The van der Waals surface area contributed by atoms with Crippen LogP contribution in [0.5, 0.6) is 0 Å². The van der Waals surface area contributed by atoms with Crippen molar-refractivity contribution >= 4 is 38.5 Å². The van der Waals surface area contributed by atoms with Crippen LogP contribution in [0.1, 0.15) is 15.6 Å². The summed E-state index contributed by atoms with van der Waals surface area (Å²) in [7, 11) is 0. The minimum atomic E-state index is 0.0413. The number of carbonyl (C=O) groups excluding carboxylic acids is 1. The molecule has 2 aromatic carbocycles. The van der Waals surface area contributed by atoms with Gasteiger partial charge in [0.05, 0.1) is 27.8 Å². The molecule has 1 saturated heterocycles. The first-order valence-electron chi connectivity index (χ1n) is 9.07. The highest BCUT2D eigenvalue weighted by atomic mass is 32.1. The topological polar surface area (TPSA) is 65.1 Å². The molecular weight excluding hydrogens is 358 g/mol. The SMILES string of the molecule is O=C(c1nc2ccccc2s1)N1CCN(Cc2nc3ccccc3[nH]2)CC1. The zero-order chi connectivity index (χ0) is 18.2. The Bertz CT molecular complexity index is 1040. The van der Waals surface area contributed by atoms with Gasteiger partial charge in [-0.3, -0.25) is 9.69 Å². The van der Waals surface area contributed by atoms with Crippen molar-refractivity contribution in [1.29, 1.82) is 0 Å². The number of nitrogens with one attached hydrogen (secondary N) is 1. The first-order valence-corrected chi connectivity index (χ1v) is 9.89. The number of fused-ring (bicyclic) bond motifs is 2. The molecule has 1 amide bonds. The second-order valence-corrected chi connectivity index (χ2v) is 7.79. The van der Waals surface area contributed by atoms with Gasteiger partial charge in [-0.05, 0) is 24.3 Å². The molecule has 1 aliphatic heterocycles. The highest BCUT2D eigenvalue weighted by molar-refractivity contribution is 7.20. The summed E-state index contributed by atoms with van der Waals surface area (Å²) >= 11 is 1.47. The first kappa shape index (κ1) is 16.4. The molecule has 5 rings (SSSR count). The second kappa shape index (κ2) is 6.75. The monoisotopic (exact) mass is 377 g/mol. The molecule has 27 heavy (non-hydrogen) atoms. The third-order valence-corrected chi connectivity index (χ3v) is 5.97. The van der Waals surface area contributed by atoms with Gasteiger partial charge < -0.3 is 9.88 Å². The molecule has 1 N–H and O–H groups in total. The Morgan fingerprint density at radius 2 is 1.70 bits per heavy atom. The maximum absolute atomic E-state index is 12.8. The van der Waals surface area contributed by atoms with E-state index in [1.807, 2.05) is 53.4 Å². The van der Waals surface area contributed by atoms with Gasteiger partial charge in [-0.1, -0.05) is 24.3 Å². The molecule has 2 aromatic heterocycles. The van der Waals surface area contributed by atoms with Crippen LogP contribution in [0.25, 0.3) is 21.3 Å². The number of hydrogen-bond acceptors (Lipinski definition) is 5. The fourth-order valence-corrected chi connectivity index (χ4v) is 4.43. The third-order valence-electron chi connectivity index (χ3n) is 4.95. The van der Waals surface area contributed by atoms with Crippen molar-refractivity contribution in [3.05, 3.63) is 59.4 Å². The lowest BCUT2D eigenvalue weighted by Crippen LogP contribution is -2.48. The summed E-state index contributed by atoms with van der Waals surface area (Å²) in [6, 6.07) is 16.0. The maximum atomic E-state index is 12.8. The number of nitrogens with zero attached hydrogens (tertiary/aromatic N) is 4. The van der Waals surface area contributed by atoms with Crippen LogP contribution in [0.15, 0.2) is 48.5 Å². The van der Waals surface area contributed by atoms with Crippen LogP contribution in [0.4, 0.5) is 0 Å². The number of thiazole rings is 1. The highest BCUT2D eigenvalue weighted by Crippen LogP contribution is 2.23. The number of piperazine rings is 1.